The second-order valence-electron chi connectivity index (χ2n) is 6.70. The predicted molar refractivity (Wildman–Crippen MR) is 103 cm³/mol. The number of piperidine rings is 1. The smallest absolute Gasteiger partial charge is 0.243 e. The number of sulfonamides is 1. The quantitative estimate of drug-likeness (QED) is 0.643. The molecule has 8 heteroatoms. The van der Waals surface area contributed by atoms with Crippen LogP contribution in [0.15, 0.2) is 23.1 Å². The number of methoxy groups -OCH3 is 1. The highest BCUT2D eigenvalue weighted by atomic mass is 32.2. The molecule has 0 spiro atoms. The Morgan fingerprint density at radius 1 is 1.37 bits per heavy atom. The third-order valence-corrected chi connectivity index (χ3v) is 6.52. The number of aryl methyl sites for hydroxylation is 1. The van der Waals surface area contributed by atoms with Crippen LogP contribution < -0.4 is 10.1 Å². The molecule has 0 saturated carbocycles. The zero-order valence-electron chi connectivity index (χ0n) is 16.4. The van der Waals surface area contributed by atoms with Crippen molar-refractivity contribution >= 4 is 15.9 Å². The van der Waals surface area contributed by atoms with Gasteiger partial charge in [0.1, 0.15) is 5.75 Å². The van der Waals surface area contributed by atoms with Crippen molar-refractivity contribution in [1.29, 1.82) is 0 Å². The van der Waals surface area contributed by atoms with Gasteiger partial charge in [0.15, 0.2) is 0 Å². The maximum absolute atomic E-state index is 13.0. The van der Waals surface area contributed by atoms with E-state index in [1.807, 2.05) is 13.8 Å². The summed E-state index contributed by atoms with van der Waals surface area (Å²) < 4.78 is 37.9. The average molecular weight is 399 g/mol. The second kappa shape index (κ2) is 10.1. The summed E-state index contributed by atoms with van der Waals surface area (Å²) in [7, 11) is -2.01. The molecule has 1 unspecified atom stereocenters. The average Bonchev–Trinajstić information content (AvgIpc) is 2.67. The number of nitrogens with zero attached hydrogens (tertiary/aromatic N) is 1. The Labute approximate surface area is 162 Å². The summed E-state index contributed by atoms with van der Waals surface area (Å²) in [6, 6.07) is 4.90. The predicted octanol–water partition coefficient (Wildman–Crippen LogP) is 1.95. The van der Waals surface area contributed by atoms with E-state index in [2.05, 4.69) is 5.32 Å². The molecule has 1 atom stereocenters. The molecule has 0 aromatic heterocycles. The van der Waals surface area contributed by atoms with Crippen LogP contribution in [0.2, 0.25) is 0 Å². The molecule has 1 aromatic carbocycles. The molecule has 0 aliphatic carbocycles. The van der Waals surface area contributed by atoms with Gasteiger partial charge in [0, 0.05) is 33.4 Å². The number of benzene rings is 1. The lowest BCUT2D eigenvalue weighted by molar-refractivity contribution is -0.126. The Bertz CT molecular complexity index is 736. The van der Waals surface area contributed by atoms with Gasteiger partial charge in [-0.25, -0.2) is 8.42 Å². The Morgan fingerprint density at radius 3 is 2.81 bits per heavy atom. The maximum atomic E-state index is 13.0. The van der Waals surface area contributed by atoms with Crippen molar-refractivity contribution in [2.45, 2.75) is 38.0 Å². The molecule has 27 heavy (non-hydrogen) atoms. The number of amides is 1. The van der Waals surface area contributed by atoms with Gasteiger partial charge >= 0.3 is 0 Å². The van der Waals surface area contributed by atoms with Crippen molar-refractivity contribution in [2.24, 2.45) is 5.92 Å². The van der Waals surface area contributed by atoms with Gasteiger partial charge in [0.2, 0.25) is 15.9 Å². The Hall–Kier alpha value is -1.64. The van der Waals surface area contributed by atoms with E-state index in [-0.39, 0.29) is 23.3 Å². The fraction of sp³-hybridized carbons (Fsp3) is 0.632. The summed E-state index contributed by atoms with van der Waals surface area (Å²) >= 11 is 0. The highest BCUT2D eigenvalue weighted by molar-refractivity contribution is 7.89. The Kier molecular flexibility index (Phi) is 8.07. The first-order chi connectivity index (χ1) is 12.9. The van der Waals surface area contributed by atoms with Crippen molar-refractivity contribution < 1.29 is 22.7 Å². The van der Waals surface area contributed by atoms with E-state index < -0.39 is 10.0 Å². The third-order valence-electron chi connectivity index (χ3n) is 4.66. The minimum Gasteiger partial charge on any atom is -0.494 e. The molecule has 1 fully saturated rings. The lowest BCUT2D eigenvalue weighted by Crippen LogP contribution is -2.45. The van der Waals surface area contributed by atoms with Crippen molar-refractivity contribution in [3.63, 3.8) is 0 Å². The highest BCUT2D eigenvalue weighted by Gasteiger charge is 2.33. The highest BCUT2D eigenvalue weighted by Crippen LogP contribution is 2.27. The van der Waals surface area contributed by atoms with Gasteiger partial charge < -0.3 is 14.8 Å². The molecule has 2 rings (SSSR count). The number of carbonyl (C=O) groups excluding carboxylic acids is 1. The number of hydrogen-bond donors (Lipinski definition) is 1. The van der Waals surface area contributed by atoms with Gasteiger partial charge in [-0.05, 0) is 56.9 Å². The summed E-state index contributed by atoms with van der Waals surface area (Å²) in [6.07, 6.45) is 2.11. The zero-order valence-corrected chi connectivity index (χ0v) is 17.2. The molecule has 1 heterocycles. The minimum absolute atomic E-state index is 0.0890. The van der Waals surface area contributed by atoms with Crippen LogP contribution in [0, 0.1) is 12.8 Å². The lowest BCUT2D eigenvalue weighted by Gasteiger charge is -2.31. The Morgan fingerprint density at radius 2 is 2.15 bits per heavy atom. The molecule has 7 nitrogen and oxygen atoms in total. The molecule has 152 valence electrons. The minimum atomic E-state index is -3.63. The summed E-state index contributed by atoms with van der Waals surface area (Å²) in [5.74, 6) is 0.275. The van der Waals surface area contributed by atoms with Gasteiger partial charge in [-0.15, -0.1) is 0 Å². The van der Waals surface area contributed by atoms with Crippen LogP contribution in [-0.4, -0.2) is 58.6 Å². The van der Waals surface area contributed by atoms with E-state index in [1.165, 1.54) is 4.31 Å². The van der Waals surface area contributed by atoms with E-state index >= 15 is 0 Å². The standard InChI is InChI=1S/C19H30N2O5S/c1-4-26-18-9-8-17(13-15(18)2)27(23,24)21-11-5-7-16(14-21)19(22)20-10-6-12-25-3/h8-9,13,16H,4-7,10-12,14H2,1-3H3,(H,20,22). The van der Waals surface area contributed by atoms with Gasteiger partial charge in [0.05, 0.1) is 17.4 Å². The lowest BCUT2D eigenvalue weighted by atomic mass is 9.99. The Balaban J connectivity index is 2.05. The first-order valence-electron chi connectivity index (χ1n) is 9.40. The molecular formula is C19H30N2O5S. The summed E-state index contributed by atoms with van der Waals surface area (Å²) in [6.45, 7) is 6.01. The van der Waals surface area contributed by atoms with Crippen molar-refractivity contribution in [3.8, 4) is 5.75 Å². The van der Waals surface area contributed by atoms with E-state index in [1.54, 1.807) is 25.3 Å². The monoisotopic (exact) mass is 398 g/mol. The van der Waals surface area contributed by atoms with Crippen LogP contribution in [-0.2, 0) is 19.6 Å². The maximum Gasteiger partial charge on any atom is 0.243 e. The van der Waals surface area contributed by atoms with E-state index in [0.29, 0.717) is 44.9 Å². The van der Waals surface area contributed by atoms with Crippen LogP contribution >= 0.6 is 0 Å². The molecular weight excluding hydrogens is 368 g/mol. The molecule has 1 N–H and O–H groups in total. The summed E-state index contributed by atoms with van der Waals surface area (Å²) in [4.78, 5) is 12.6. The normalized spacial score (nSPS) is 18.3. The first kappa shape index (κ1) is 21.7. The van der Waals surface area contributed by atoms with Crippen molar-refractivity contribution in [3.05, 3.63) is 23.8 Å². The van der Waals surface area contributed by atoms with Crippen LogP contribution in [0.3, 0.4) is 0 Å². The SMILES string of the molecule is CCOc1ccc(S(=O)(=O)N2CCCC(C(=O)NCCCOC)C2)cc1C. The van der Waals surface area contributed by atoms with Gasteiger partial charge in [-0.2, -0.15) is 4.31 Å². The van der Waals surface area contributed by atoms with E-state index in [4.69, 9.17) is 9.47 Å². The van der Waals surface area contributed by atoms with Gasteiger partial charge in [0.25, 0.3) is 0 Å². The van der Waals surface area contributed by atoms with Gasteiger partial charge in [-0.3, -0.25) is 4.79 Å². The van der Waals surface area contributed by atoms with Crippen molar-refractivity contribution in [1.82, 2.24) is 9.62 Å². The van der Waals surface area contributed by atoms with Crippen LogP contribution in [0.5, 0.6) is 5.75 Å². The van der Waals surface area contributed by atoms with Crippen LogP contribution in [0.4, 0.5) is 0 Å². The molecule has 1 saturated heterocycles. The van der Waals surface area contributed by atoms with Gasteiger partial charge in [-0.1, -0.05) is 0 Å². The van der Waals surface area contributed by atoms with E-state index in [9.17, 15) is 13.2 Å². The van der Waals surface area contributed by atoms with Crippen LogP contribution in [0.25, 0.3) is 0 Å². The fourth-order valence-electron chi connectivity index (χ4n) is 3.20. The number of ether oxygens (including phenoxy) is 2. The number of carbonyl (C=O) groups is 1. The number of nitrogens with one attached hydrogen (secondary N) is 1. The summed E-state index contributed by atoms with van der Waals surface area (Å²) in [5.41, 5.74) is 0.780. The molecule has 1 amide bonds. The number of rotatable bonds is 9. The van der Waals surface area contributed by atoms with Crippen LogP contribution in [0.1, 0.15) is 31.7 Å². The molecule has 1 aromatic rings. The number of hydrogen-bond acceptors (Lipinski definition) is 5. The second-order valence-corrected chi connectivity index (χ2v) is 8.64. The largest absolute Gasteiger partial charge is 0.494 e. The molecule has 0 bridgehead atoms. The molecule has 0 radical (unpaired) electrons. The van der Waals surface area contributed by atoms with Crippen molar-refractivity contribution in [2.75, 3.05) is 40.0 Å². The zero-order chi connectivity index (χ0) is 19.9. The third kappa shape index (κ3) is 5.67. The topological polar surface area (TPSA) is 84.9 Å². The van der Waals surface area contributed by atoms with E-state index in [0.717, 1.165) is 12.0 Å². The first-order valence-corrected chi connectivity index (χ1v) is 10.8. The molecule has 1 aliphatic rings. The summed E-state index contributed by atoms with van der Waals surface area (Å²) in [5, 5.41) is 2.87. The fourth-order valence-corrected chi connectivity index (χ4v) is 4.81. The molecule has 1 aliphatic heterocycles.